The summed E-state index contributed by atoms with van der Waals surface area (Å²) in [5, 5.41) is 18.2. The Labute approximate surface area is 171 Å². The molecule has 0 radical (unpaired) electrons. The highest BCUT2D eigenvalue weighted by molar-refractivity contribution is 7.20. The summed E-state index contributed by atoms with van der Waals surface area (Å²) in [6, 6.07) is 12.0. The quantitative estimate of drug-likeness (QED) is 0.497. The molecular formula is C20H21N5OS2. The lowest BCUT2D eigenvalue weighted by atomic mass is 10.2. The van der Waals surface area contributed by atoms with Crippen molar-refractivity contribution in [2.75, 3.05) is 5.32 Å². The highest BCUT2D eigenvalue weighted by Crippen LogP contribution is 2.30. The summed E-state index contributed by atoms with van der Waals surface area (Å²) in [5.74, 6) is 0.338. The van der Waals surface area contributed by atoms with Crippen LogP contribution in [0.5, 0.6) is 0 Å². The topological polar surface area (TPSA) is 72.7 Å². The maximum atomic E-state index is 12.7. The Bertz CT molecular complexity index is 1110. The molecule has 28 heavy (non-hydrogen) atoms. The second kappa shape index (κ2) is 7.81. The van der Waals surface area contributed by atoms with Gasteiger partial charge >= 0.3 is 0 Å². The van der Waals surface area contributed by atoms with Crippen LogP contribution in [-0.4, -0.2) is 25.9 Å². The third kappa shape index (κ3) is 3.98. The summed E-state index contributed by atoms with van der Waals surface area (Å²) in [7, 11) is 0. The fourth-order valence-corrected chi connectivity index (χ4v) is 4.83. The smallest absolute Gasteiger partial charge is 0.267 e. The van der Waals surface area contributed by atoms with Crippen LogP contribution < -0.4 is 5.32 Å². The molecule has 4 aromatic rings. The van der Waals surface area contributed by atoms with Crippen LogP contribution in [0.3, 0.4) is 0 Å². The van der Waals surface area contributed by atoms with E-state index in [1.54, 1.807) is 0 Å². The molecule has 0 spiro atoms. The largest absolute Gasteiger partial charge is 0.296 e. The van der Waals surface area contributed by atoms with Gasteiger partial charge in [-0.3, -0.25) is 14.8 Å². The second-order valence-electron chi connectivity index (χ2n) is 7.11. The van der Waals surface area contributed by atoms with Crippen LogP contribution in [0.4, 0.5) is 5.13 Å². The molecule has 3 heterocycles. The van der Waals surface area contributed by atoms with E-state index < -0.39 is 0 Å². The number of aromatic nitrogens is 4. The summed E-state index contributed by atoms with van der Waals surface area (Å²) in [4.78, 5) is 14.4. The van der Waals surface area contributed by atoms with E-state index in [9.17, 15) is 4.79 Å². The van der Waals surface area contributed by atoms with Gasteiger partial charge in [-0.05, 0) is 24.5 Å². The predicted molar refractivity (Wildman–Crippen MR) is 114 cm³/mol. The number of carbonyl (C=O) groups is 1. The van der Waals surface area contributed by atoms with Crippen molar-refractivity contribution in [1.82, 2.24) is 20.0 Å². The van der Waals surface area contributed by atoms with Crippen molar-refractivity contribution in [3.8, 4) is 0 Å². The van der Waals surface area contributed by atoms with E-state index >= 15 is 0 Å². The molecular weight excluding hydrogens is 390 g/mol. The number of nitrogens with one attached hydrogen (secondary N) is 1. The van der Waals surface area contributed by atoms with E-state index in [1.807, 2.05) is 35.9 Å². The first-order valence-electron chi connectivity index (χ1n) is 9.14. The molecule has 0 fully saturated rings. The van der Waals surface area contributed by atoms with Crippen molar-refractivity contribution in [1.29, 1.82) is 0 Å². The van der Waals surface area contributed by atoms with E-state index in [-0.39, 0.29) is 5.91 Å². The van der Waals surface area contributed by atoms with Gasteiger partial charge in [0.25, 0.3) is 5.91 Å². The van der Waals surface area contributed by atoms with E-state index in [4.69, 9.17) is 0 Å². The Balaban J connectivity index is 1.49. The summed E-state index contributed by atoms with van der Waals surface area (Å²) < 4.78 is 2.00. The zero-order valence-electron chi connectivity index (χ0n) is 16.0. The standard InChI is InChI=1S/C20H21N5OS2/c1-12(2)11-25-19-15(13(3)24-25)10-16(27-19)18(26)21-20-23-22-17(28-20)9-14-7-5-4-6-8-14/h4-8,10,12H,9,11H2,1-3H3,(H,21,23,26). The summed E-state index contributed by atoms with van der Waals surface area (Å²) >= 11 is 2.88. The lowest BCUT2D eigenvalue weighted by molar-refractivity contribution is 0.103. The number of fused-ring (bicyclic) bond motifs is 1. The Hall–Kier alpha value is -2.58. The molecule has 3 aromatic heterocycles. The first-order chi connectivity index (χ1) is 13.5. The number of hydrogen-bond donors (Lipinski definition) is 1. The number of thiophene rings is 1. The van der Waals surface area contributed by atoms with Crippen LogP contribution in [0.1, 0.15) is 39.8 Å². The first-order valence-corrected chi connectivity index (χ1v) is 10.8. The highest BCUT2D eigenvalue weighted by atomic mass is 32.1. The number of nitrogens with zero attached hydrogens (tertiary/aromatic N) is 4. The molecule has 0 aliphatic heterocycles. The van der Waals surface area contributed by atoms with Gasteiger partial charge in [-0.25, -0.2) is 0 Å². The monoisotopic (exact) mass is 411 g/mol. The van der Waals surface area contributed by atoms with Gasteiger partial charge in [0.15, 0.2) is 0 Å². The molecule has 4 rings (SSSR count). The van der Waals surface area contributed by atoms with Crippen LogP contribution >= 0.6 is 22.7 Å². The Kier molecular flexibility index (Phi) is 5.23. The number of hydrogen-bond acceptors (Lipinski definition) is 6. The average Bonchev–Trinajstić information content (AvgIpc) is 3.34. The molecule has 1 N–H and O–H groups in total. The lowest BCUT2D eigenvalue weighted by Gasteiger charge is -2.04. The van der Waals surface area contributed by atoms with Crippen molar-refractivity contribution >= 4 is 43.9 Å². The van der Waals surface area contributed by atoms with Gasteiger partial charge in [0.05, 0.1) is 10.6 Å². The molecule has 0 bridgehead atoms. The van der Waals surface area contributed by atoms with Crippen molar-refractivity contribution < 1.29 is 4.79 Å². The maximum Gasteiger partial charge on any atom is 0.267 e. The molecule has 6 nitrogen and oxygen atoms in total. The van der Waals surface area contributed by atoms with Crippen LogP contribution in [0.2, 0.25) is 0 Å². The van der Waals surface area contributed by atoms with Crippen molar-refractivity contribution in [2.45, 2.75) is 33.7 Å². The van der Waals surface area contributed by atoms with Gasteiger partial charge in [0.2, 0.25) is 5.13 Å². The molecule has 1 aromatic carbocycles. The van der Waals surface area contributed by atoms with Gasteiger partial charge in [0, 0.05) is 18.4 Å². The van der Waals surface area contributed by atoms with Gasteiger partial charge < -0.3 is 0 Å². The van der Waals surface area contributed by atoms with Crippen molar-refractivity contribution in [3.63, 3.8) is 0 Å². The third-order valence-corrected chi connectivity index (χ3v) is 6.24. The molecule has 1 amide bonds. The van der Waals surface area contributed by atoms with E-state index in [2.05, 4.69) is 46.6 Å². The summed E-state index contributed by atoms with van der Waals surface area (Å²) in [5.41, 5.74) is 2.12. The van der Waals surface area contributed by atoms with E-state index in [0.29, 0.717) is 22.3 Å². The van der Waals surface area contributed by atoms with Gasteiger partial charge in [-0.2, -0.15) is 5.10 Å². The SMILES string of the molecule is Cc1nn(CC(C)C)c2sc(C(=O)Nc3nnc(Cc4ccccc4)s3)cc12. The van der Waals surface area contributed by atoms with Crippen molar-refractivity contribution in [3.05, 3.63) is 57.5 Å². The number of rotatable bonds is 6. The average molecular weight is 412 g/mol. The number of benzene rings is 1. The number of carbonyl (C=O) groups excluding carboxylic acids is 1. The van der Waals surface area contributed by atoms with Crippen LogP contribution in [0.25, 0.3) is 10.2 Å². The van der Waals surface area contributed by atoms with E-state index in [1.165, 1.54) is 28.2 Å². The molecule has 0 saturated carbocycles. The fraction of sp³-hybridized carbons (Fsp3) is 0.300. The molecule has 0 unspecified atom stereocenters. The lowest BCUT2D eigenvalue weighted by Crippen LogP contribution is -2.10. The molecule has 8 heteroatoms. The maximum absolute atomic E-state index is 12.7. The Morgan fingerprint density at radius 3 is 2.71 bits per heavy atom. The van der Waals surface area contributed by atoms with Gasteiger partial charge in [0.1, 0.15) is 9.84 Å². The Morgan fingerprint density at radius 1 is 1.18 bits per heavy atom. The second-order valence-corrected chi connectivity index (χ2v) is 9.20. The fourth-order valence-electron chi connectivity index (χ4n) is 3.00. The first kappa shape index (κ1) is 18.8. The Morgan fingerprint density at radius 2 is 1.96 bits per heavy atom. The number of aryl methyl sites for hydroxylation is 1. The molecule has 144 valence electrons. The van der Waals surface area contributed by atoms with E-state index in [0.717, 1.165) is 27.5 Å². The minimum atomic E-state index is -0.154. The normalized spacial score (nSPS) is 11.4. The minimum Gasteiger partial charge on any atom is -0.296 e. The molecule has 0 atom stereocenters. The van der Waals surface area contributed by atoms with Gasteiger partial charge in [-0.15, -0.1) is 21.5 Å². The zero-order valence-corrected chi connectivity index (χ0v) is 17.6. The highest BCUT2D eigenvalue weighted by Gasteiger charge is 2.18. The van der Waals surface area contributed by atoms with Crippen LogP contribution in [0, 0.1) is 12.8 Å². The van der Waals surface area contributed by atoms with Gasteiger partial charge in [-0.1, -0.05) is 55.5 Å². The predicted octanol–water partition coefficient (Wildman–Crippen LogP) is 4.76. The van der Waals surface area contributed by atoms with Crippen LogP contribution in [0.15, 0.2) is 36.4 Å². The van der Waals surface area contributed by atoms with Crippen LogP contribution in [-0.2, 0) is 13.0 Å². The van der Waals surface area contributed by atoms with Crippen molar-refractivity contribution in [2.24, 2.45) is 5.92 Å². The summed E-state index contributed by atoms with van der Waals surface area (Å²) in [6.45, 7) is 7.14. The molecule has 0 aliphatic rings. The molecule has 0 saturated heterocycles. The number of anilines is 1. The number of amides is 1. The minimum absolute atomic E-state index is 0.154. The zero-order chi connectivity index (χ0) is 19.7. The summed E-state index contributed by atoms with van der Waals surface area (Å²) in [6.07, 6.45) is 0.710. The third-order valence-electron chi connectivity index (χ3n) is 4.25. The molecule has 0 aliphatic carbocycles.